The molecule has 3 heterocycles. The van der Waals surface area contributed by atoms with Crippen LogP contribution < -0.4 is 0 Å². The van der Waals surface area contributed by atoms with Gasteiger partial charge in [0.25, 0.3) is 0 Å². The molecule has 0 aliphatic rings. The van der Waals surface area contributed by atoms with E-state index < -0.39 is 0 Å². The number of nitrogens with zero attached hydrogens (tertiary/aromatic N) is 1. The molecular formula is C23H15NOS2. The lowest BCUT2D eigenvalue weighted by Gasteiger charge is -2.02. The minimum Gasteiger partial charge on any atom is -0.455 e. The van der Waals surface area contributed by atoms with Gasteiger partial charge in [0.2, 0.25) is 0 Å². The fourth-order valence-corrected chi connectivity index (χ4v) is 5.98. The molecule has 3 aromatic carbocycles. The van der Waals surface area contributed by atoms with Gasteiger partial charge >= 0.3 is 0 Å². The zero-order valence-corrected chi connectivity index (χ0v) is 16.5. The second-order valence-corrected chi connectivity index (χ2v) is 9.16. The lowest BCUT2D eigenvalue weighted by atomic mass is 10.0. The van der Waals surface area contributed by atoms with E-state index in [-0.39, 0.29) is 0 Å². The normalized spacial score (nSPS) is 12.1. The quantitative estimate of drug-likeness (QED) is 0.290. The van der Waals surface area contributed by atoms with Crippen molar-refractivity contribution >= 4 is 64.9 Å². The smallest absolute Gasteiger partial charge is 0.145 e. The number of rotatable bonds is 1. The molecule has 4 heteroatoms. The predicted molar refractivity (Wildman–Crippen MR) is 117 cm³/mol. The molecule has 0 saturated heterocycles. The van der Waals surface area contributed by atoms with Gasteiger partial charge in [-0.15, -0.1) is 22.7 Å². The molecule has 0 saturated carbocycles. The third kappa shape index (κ3) is 2.08. The first kappa shape index (κ1) is 15.4. The summed E-state index contributed by atoms with van der Waals surface area (Å²) in [6.45, 7) is 4.38. The van der Waals surface area contributed by atoms with Crippen LogP contribution in [0.3, 0.4) is 0 Å². The lowest BCUT2D eigenvalue weighted by Crippen LogP contribution is -1.80. The first-order valence-electron chi connectivity index (χ1n) is 8.90. The van der Waals surface area contributed by atoms with Crippen molar-refractivity contribution in [2.24, 2.45) is 0 Å². The van der Waals surface area contributed by atoms with Crippen molar-refractivity contribution in [2.75, 3.05) is 0 Å². The van der Waals surface area contributed by atoms with Crippen LogP contribution in [0.4, 0.5) is 0 Å². The largest absolute Gasteiger partial charge is 0.455 e. The van der Waals surface area contributed by atoms with Crippen molar-refractivity contribution in [3.05, 3.63) is 65.0 Å². The molecule has 6 aromatic rings. The van der Waals surface area contributed by atoms with E-state index in [0.29, 0.717) is 0 Å². The number of furan rings is 1. The number of thiazole rings is 1. The summed E-state index contributed by atoms with van der Waals surface area (Å²) in [5, 5.41) is 4.64. The van der Waals surface area contributed by atoms with Crippen LogP contribution in [-0.4, -0.2) is 4.98 Å². The van der Waals surface area contributed by atoms with Crippen molar-refractivity contribution in [1.29, 1.82) is 0 Å². The summed E-state index contributed by atoms with van der Waals surface area (Å²) in [5.41, 5.74) is 5.47. The fraction of sp³-hybridized carbons (Fsp3) is 0.0870. The molecule has 0 aliphatic heterocycles. The predicted octanol–water partition coefficient (Wildman–Crippen LogP) is 7.69. The zero-order valence-electron chi connectivity index (χ0n) is 14.9. The van der Waals surface area contributed by atoms with Gasteiger partial charge in [0.05, 0.1) is 10.2 Å². The van der Waals surface area contributed by atoms with Crippen LogP contribution in [0.2, 0.25) is 0 Å². The molecular weight excluding hydrogens is 370 g/mol. The molecule has 3 aromatic heterocycles. The number of fused-ring (bicyclic) bond motifs is 6. The van der Waals surface area contributed by atoms with Gasteiger partial charge in [0.1, 0.15) is 16.2 Å². The van der Waals surface area contributed by atoms with Crippen molar-refractivity contribution in [2.45, 2.75) is 13.8 Å². The number of hydrogen-bond acceptors (Lipinski definition) is 4. The third-order valence-electron chi connectivity index (χ3n) is 5.30. The molecule has 0 fully saturated rings. The van der Waals surface area contributed by atoms with Crippen LogP contribution in [0.15, 0.2) is 59.0 Å². The average molecular weight is 386 g/mol. The van der Waals surface area contributed by atoms with Crippen LogP contribution in [0.25, 0.3) is 52.8 Å². The summed E-state index contributed by atoms with van der Waals surface area (Å²) in [7, 11) is 0. The van der Waals surface area contributed by atoms with Gasteiger partial charge in [-0.2, -0.15) is 0 Å². The summed E-state index contributed by atoms with van der Waals surface area (Å²) in [6.07, 6.45) is 0. The first-order valence-corrected chi connectivity index (χ1v) is 10.5. The van der Waals surface area contributed by atoms with E-state index in [2.05, 4.69) is 56.3 Å². The molecule has 0 radical (unpaired) electrons. The molecule has 0 bridgehead atoms. The van der Waals surface area contributed by atoms with E-state index in [1.165, 1.54) is 36.2 Å². The van der Waals surface area contributed by atoms with Crippen molar-refractivity contribution in [3.63, 3.8) is 0 Å². The van der Waals surface area contributed by atoms with Crippen molar-refractivity contribution in [1.82, 2.24) is 4.98 Å². The van der Waals surface area contributed by atoms with Gasteiger partial charge in [-0.05, 0) is 43.7 Å². The van der Waals surface area contributed by atoms with Crippen LogP contribution >= 0.6 is 22.7 Å². The molecule has 2 nitrogen and oxygen atoms in total. The monoisotopic (exact) mass is 385 g/mol. The Morgan fingerprint density at radius 3 is 2.56 bits per heavy atom. The van der Waals surface area contributed by atoms with Crippen LogP contribution in [-0.2, 0) is 0 Å². The molecule has 0 spiro atoms. The van der Waals surface area contributed by atoms with Gasteiger partial charge in [-0.3, -0.25) is 0 Å². The summed E-state index contributed by atoms with van der Waals surface area (Å²) >= 11 is 3.58. The number of aryl methyl sites for hydroxylation is 2. The summed E-state index contributed by atoms with van der Waals surface area (Å²) < 4.78 is 8.86. The Morgan fingerprint density at radius 1 is 0.852 bits per heavy atom. The minimum absolute atomic E-state index is 0.936. The Bertz CT molecular complexity index is 1470. The maximum Gasteiger partial charge on any atom is 0.145 e. The van der Waals surface area contributed by atoms with Gasteiger partial charge in [-0.25, -0.2) is 4.98 Å². The average Bonchev–Trinajstić information content (AvgIpc) is 3.35. The van der Waals surface area contributed by atoms with Crippen LogP contribution in [0.5, 0.6) is 0 Å². The number of aromatic nitrogens is 1. The van der Waals surface area contributed by atoms with Gasteiger partial charge in [0, 0.05) is 31.3 Å². The van der Waals surface area contributed by atoms with Crippen molar-refractivity contribution < 1.29 is 4.42 Å². The molecule has 0 aliphatic carbocycles. The Kier molecular flexibility index (Phi) is 3.08. The summed E-state index contributed by atoms with van der Waals surface area (Å²) in [6, 6.07) is 19.0. The highest BCUT2D eigenvalue weighted by atomic mass is 32.1. The minimum atomic E-state index is 0.936. The highest BCUT2D eigenvalue weighted by molar-refractivity contribution is 7.22. The molecule has 0 atom stereocenters. The zero-order chi connectivity index (χ0) is 18.1. The summed E-state index contributed by atoms with van der Waals surface area (Å²) in [5.74, 6) is 0. The highest BCUT2D eigenvalue weighted by Crippen LogP contribution is 2.46. The van der Waals surface area contributed by atoms with Crippen LogP contribution in [0.1, 0.15) is 10.4 Å². The number of benzene rings is 3. The van der Waals surface area contributed by atoms with Gasteiger partial charge in [0.15, 0.2) is 0 Å². The number of para-hydroxylation sites is 2. The number of thiophene rings is 1. The van der Waals surface area contributed by atoms with E-state index in [1.54, 1.807) is 11.3 Å². The van der Waals surface area contributed by atoms with E-state index in [1.807, 2.05) is 23.5 Å². The molecule has 6 rings (SSSR count). The second kappa shape index (κ2) is 5.41. The van der Waals surface area contributed by atoms with Crippen molar-refractivity contribution in [3.8, 4) is 10.6 Å². The SMILES string of the molecule is Cc1sc2cc(-c3nc4ccccc4s3)c3c4ccccc4oc3c2c1C. The molecule has 0 unspecified atom stereocenters. The second-order valence-electron chi connectivity index (χ2n) is 6.87. The standard InChI is InChI=1S/C23H15NOS2/c1-12-13(2)26-19-11-15(23-24-16-8-4-6-10-18(16)27-23)21-14-7-3-5-9-17(14)25-22(21)20(12)19/h3-11H,1-2H3. The topological polar surface area (TPSA) is 26.0 Å². The maximum absolute atomic E-state index is 6.38. The summed E-state index contributed by atoms with van der Waals surface area (Å²) in [4.78, 5) is 6.28. The van der Waals surface area contributed by atoms with Gasteiger partial charge < -0.3 is 4.42 Å². The Hall–Kier alpha value is -2.69. The van der Waals surface area contributed by atoms with E-state index in [0.717, 1.165) is 27.1 Å². The Morgan fingerprint density at radius 2 is 1.67 bits per heavy atom. The molecule has 0 N–H and O–H groups in total. The lowest BCUT2D eigenvalue weighted by molar-refractivity contribution is 0.672. The molecule has 130 valence electrons. The number of hydrogen-bond donors (Lipinski definition) is 0. The maximum atomic E-state index is 6.38. The Labute approximate surface area is 163 Å². The van der Waals surface area contributed by atoms with E-state index >= 15 is 0 Å². The van der Waals surface area contributed by atoms with E-state index in [9.17, 15) is 0 Å². The van der Waals surface area contributed by atoms with Crippen LogP contribution in [0, 0.1) is 13.8 Å². The van der Waals surface area contributed by atoms with E-state index in [4.69, 9.17) is 9.40 Å². The molecule has 27 heavy (non-hydrogen) atoms. The molecule has 0 amide bonds. The third-order valence-corrected chi connectivity index (χ3v) is 7.53. The highest BCUT2D eigenvalue weighted by Gasteiger charge is 2.21. The van der Waals surface area contributed by atoms with Gasteiger partial charge in [-0.1, -0.05) is 30.3 Å². The fourth-order valence-electron chi connectivity index (χ4n) is 3.89. The first-order chi connectivity index (χ1) is 13.2. The Balaban J connectivity index is 1.84.